The van der Waals surface area contributed by atoms with Crippen molar-refractivity contribution >= 4 is 11.0 Å². The minimum atomic E-state index is 0.141. The molecule has 0 saturated heterocycles. The van der Waals surface area contributed by atoms with Crippen LogP contribution in [-0.4, -0.2) is 14.7 Å². The predicted molar refractivity (Wildman–Crippen MR) is 103 cm³/mol. The van der Waals surface area contributed by atoms with Crippen LogP contribution in [0, 0.1) is 26.2 Å². The summed E-state index contributed by atoms with van der Waals surface area (Å²) in [6.45, 7) is 6.02. The molecule has 1 atom stereocenters. The van der Waals surface area contributed by atoms with Crippen LogP contribution in [-0.2, 0) is 0 Å². The van der Waals surface area contributed by atoms with Crippen LogP contribution < -0.4 is 0 Å². The van der Waals surface area contributed by atoms with E-state index < -0.39 is 0 Å². The van der Waals surface area contributed by atoms with E-state index in [1.54, 1.807) is 0 Å². The standard InChI is InChI=1S/C22H19N3O/c1-5-17-13-25(15(3)18-9-7-6-8-10-18)20-11-19(12-23-22(17)20)21-14(2)24-26-16(21)4/h1,6-13,15H,2-4H3. The topological polar surface area (TPSA) is 43.9 Å². The maximum atomic E-state index is 5.72. The second-order valence-electron chi connectivity index (χ2n) is 6.47. The monoisotopic (exact) mass is 341 g/mol. The molecular weight excluding hydrogens is 322 g/mol. The Bertz CT molecular complexity index is 1110. The number of hydrogen-bond acceptors (Lipinski definition) is 3. The number of pyridine rings is 1. The Kier molecular flexibility index (Phi) is 3.85. The van der Waals surface area contributed by atoms with Crippen molar-refractivity contribution in [3.63, 3.8) is 0 Å². The second-order valence-corrected chi connectivity index (χ2v) is 6.47. The summed E-state index contributed by atoms with van der Waals surface area (Å²) in [6, 6.07) is 12.6. The van der Waals surface area contributed by atoms with Crippen LogP contribution in [0.1, 0.15) is 35.5 Å². The fourth-order valence-electron chi connectivity index (χ4n) is 3.48. The van der Waals surface area contributed by atoms with Crippen LogP contribution in [0.5, 0.6) is 0 Å². The third-order valence-electron chi connectivity index (χ3n) is 4.85. The zero-order valence-electron chi connectivity index (χ0n) is 15.0. The first-order valence-corrected chi connectivity index (χ1v) is 8.55. The van der Waals surface area contributed by atoms with Crippen LogP contribution >= 0.6 is 0 Å². The van der Waals surface area contributed by atoms with E-state index in [2.05, 4.69) is 45.8 Å². The van der Waals surface area contributed by atoms with E-state index in [0.717, 1.165) is 39.2 Å². The van der Waals surface area contributed by atoms with Crippen LogP contribution in [0.2, 0.25) is 0 Å². The van der Waals surface area contributed by atoms with E-state index in [4.69, 9.17) is 10.9 Å². The quantitative estimate of drug-likeness (QED) is 0.498. The predicted octanol–water partition coefficient (Wildman–Crippen LogP) is 4.90. The molecule has 4 nitrogen and oxygen atoms in total. The molecule has 1 aromatic carbocycles. The lowest BCUT2D eigenvalue weighted by molar-refractivity contribution is 0.393. The van der Waals surface area contributed by atoms with Gasteiger partial charge in [0.2, 0.25) is 0 Å². The molecule has 4 heteroatoms. The maximum absolute atomic E-state index is 5.72. The molecule has 0 saturated carbocycles. The first kappa shape index (κ1) is 16.2. The van der Waals surface area contributed by atoms with E-state index in [0.29, 0.717) is 0 Å². The first-order chi connectivity index (χ1) is 12.6. The molecule has 0 bridgehead atoms. The minimum Gasteiger partial charge on any atom is -0.361 e. The van der Waals surface area contributed by atoms with Crippen molar-refractivity contribution in [1.82, 2.24) is 14.7 Å². The number of rotatable bonds is 3. The van der Waals surface area contributed by atoms with Crippen molar-refractivity contribution in [2.45, 2.75) is 26.8 Å². The van der Waals surface area contributed by atoms with E-state index in [9.17, 15) is 0 Å². The first-order valence-electron chi connectivity index (χ1n) is 8.55. The Morgan fingerprint density at radius 2 is 1.96 bits per heavy atom. The molecule has 0 fully saturated rings. The third kappa shape index (κ3) is 2.49. The van der Waals surface area contributed by atoms with Gasteiger partial charge in [-0.25, -0.2) is 0 Å². The van der Waals surface area contributed by atoms with Gasteiger partial charge >= 0.3 is 0 Å². The molecule has 128 valence electrons. The number of benzene rings is 1. The molecule has 0 N–H and O–H groups in total. The van der Waals surface area contributed by atoms with Crippen molar-refractivity contribution in [2.75, 3.05) is 0 Å². The van der Waals surface area contributed by atoms with E-state index >= 15 is 0 Å². The van der Waals surface area contributed by atoms with Gasteiger partial charge in [0.25, 0.3) is 0 Å². The maximum Gasteiger partial charge on any atom is 0.141 e. The summed E-state index contributed by atoms with van der Waals surface area (Å²) in [5.41, 5.74) is 6.69. The molecule has 26 heavy (non-hydrogen) atoms. The highest BCUT2D eigenvalue weighted by Gasteiger charge is 2.18. The van der Waals surface area contributed by atoms with E-state index in [1.807, 2.05) is 44.4 Å². The van der Waals surface area contributed by atoms with E-state index in [-0.39, 0.29) is 6.04 Å². The fourth-order valence-corrected chi connectivity index (χ4v) is 3.48. The van der Waals surface area contributed by atoms with E-state index in [1.165, 1.54) is 5.56 Å². The number of hydrogen-bond donors (Lipinski definition) is 0. The summed E-state index contributed by atoms with van der Waals surface area (Å²) in [5, 5.41) is 4.06. The molecule has 0 aliphatic heterocycles. The Hall–Kier alpha value is -3.32. The highest BCUT2D eigenvalue weighted by atomic mass is 16.5. The zero-order chi connectivity index (χ0) is 18.3. The van der Waals surface area contributed by atoms with Crippen molar-refractivity contribution in [3.05, 3.63) is 71.4 Å². The van der Waals surface area contributed by atoms with Gasteiger partial charge in [0.05, 0.1) is 22.8 Å². The number of aromatic nitrogens is 3. The van der Waals surface area contributed by atoms with Gasteiger partial charge in [-0.15, -0.1) is 6.42 Å². The van der Waals surface area contributed by atoms with Gasteiger partial charge in [0, 0.05) is 23.5 Å². The van der Waals surface area contributed by atoms with Gasteiger partial charge in [0.15, 0.2) is 0 Å². The molecular formula is C22H19N3O. The normalized spacial score (nSPS) is 12.2. The highest BCUT2D eigenvalue weighted by Crippen LogP contribution is 2.32. The minimum absolute atomic E-state index is 0.141. The molecule has 0 aliphatic rings. The third-order valence-corrected chi connectivity index (χ3v) is 4.85. The van der Waals surface area contributed by atoms with Crippen molar-refractivity contribution in [1.29, 1.82) is 0 Å². The molecule has 3 heterocycles. The summed E-state index contributed by atoms with van der Waals surface area (Å²) in [4.78, 5) is 4.65. The molecule has 3 aromatic heterocycles. The molecule has 0 amide bonds. The number of fused-ring (bicyclic) bond motifs is 1. The van der Waals surface area contributed by atoms with Gasteiger partial charge < -0.3 is 9.09 Å². The SMILES string of the molecule is C#Cc1cn(C(C)c2ccccc2)c2cc(-c3c(C)noc3C)cnc12. The molecule has 1 unspecified atom stereocenters. The summed E-state index contributed by atoms with van der Waals surface area (Å²) in [5.74, 6) is 3.55. The van der Waals surface area contributed by atoms with Crippen LogP contribution in [0.25, 0.3) is 22.2 Å². The smallest absolute Gasteiger partial charge is 0.141 e. The lowest BCUT2D eigenvalue weighted by Gasteiger charge is -2.16. The van der Waals surface area contributed by atoms with Gasteiger partial charge in [-0.1, -0.05) is 41.4 Å². The Balaban J connectivity index is 1.93. The molecule has 4 aromatic rings. The molecule has 0 spiro atoms. The fraction of sp³-hybridized carbons (Fsp3) is 0.182. The van der Waals surface area contributed by atoms with Crippen LogP contribution in [0.15, 0.2) is 53.3 Å². The van der Waals surface area contributed by atoms with Crippen molar-refractivity contribution in [2.24, 2.45) is 0 Å². The van der Waals surface area contributed by atoms with Crippen LogP contribution in [0.3, 0.4) is 0 Å². The van der Waals surface area contributed by atoms with Crippen LogP contribution in [0.4, 0.5) is 0 Å². The Labute approximate surface area is 152 Å². The average molecular weight is 341 g/mol. The number of terminal acetylenes is 1. The lowest BCUT2D eigenvalue weighted by atomic mass is 10.1. The lowest BCUT2D eigenvalue weighted by Crippen LogP contribution is -2.05. The summed E-state index contributed by atoms with van der Waals surface area (Å²) in [6.07, 6.45) is 9.57. The Morgan fingerprint density at radius 3 is 2.62 bits per heavy atom. The summed E-state index contributed by atoms with van der Waals surface area (Å²) >= 11 is 0. The number of nitrogens with zero attached hydrogens (tertiary/aromatic N) is 3. The zero-order valence-corrected chi connectivity index (χ0v) is 15.0. The van der Waals surface area contributed by atoms with Crippen molar-refractivity contribution < 1.29 is 4.52 Å². The second kappa shape index (κ2) is 6.20. The van der Waals surface area contributed by atoms with Gasteiger partial charge in [-0.05, 0) is 32.4 Å². The van der Waals surface area contributed by atoms with Gasteiger partial charge in [0.1, 0.15) is 11.3 Å². The summed E-state index contributed by atoms with van der Waals surface area (Å²) < 4.78 is 7.51. The molecule has 4 rings (SSSR count). The average Bonchev–Trinajstić information content (AvgIpc) is 3.21. The van der Waals surface area contributed by atoms with Gasteiger partial charge in [-0.3, -0.25) is 4.98 Å². The number of aryl methyl sites for hydroxylation is 2. The van der Waals surface area contributed by atoms with Gasteiger partial charge in [-0.2, -0.15) is 0 Å². The van der Waals surface area contributed by atoms with Crippen molar-refractivity contribution in [3.8, 4) is 23.5 Å². The highest BCUT2D eigenvalue weighted by molar-refractivity contribution is 5.87. The largest absolute Gasteiger partial charge is 0.361 e. The Morgan fingerprint density at radius 1 is 1.19 bits per heavy atom. The molecule has 0 aliphatic carbocycles. The summed E-state index contributed by atoms with van der Waals surface area (Å²) in [7, 11) is 0. The molecule has 0 radical (unpaired) electrons.